The number of amides is 1. The van der Waals surface area contributed by atoms with Gasteiger partial charge >= 0.3 is 0 Å². The van der Waals surface area contributed by atoms with Crippen molar-refractivity contribution in [1.29, 1.82) is 0 Å². The number of rotatable bonds is 6. The smallest absolute Gasteiger partial charge is 0.243 e. The van der Waals surface area contributed by atoms with Gasteiger partial charge in [-0.1, -0.05) is 12.1 Å². The van der Waals surface area contributed by atoms with Gasteiger partial charge in [-0.3, -0.25) is 9.10 Å². The number of benzene rings is 1. The number of anilines is 1. The third kappa shape index (κ3) is 4.48. The summed E-state index contributed by atoms with van der Waals surface area (Å²) in [6.45, 7) is 6.46. The fourth-order valence-corrected chi connectivity index (χ4v) is 4.13. The number of carbonyl (C=O) groups is 1. The summed E-state index contributed by atoms with van der Waals surface area (Å²) in [6.07, 6.45) is 3.06. The molecule has 1 aromatic carbocycles. The van der Waals surface area contributed by atoms with Crippen molar-refractivity contribution in [3.05, 3.63) is 29.3 Å². The van der Waals surface area contributed by atoms with Crippen LogP contribution in [0.1, 0.15) is 30.9 Å². The molecule has 2 rings (SSSR count). The summed E-state index contributed by atoms with van der Waals surface area (Å²) in [5, 5.41) is 2.81. The maximum atomic E-state index is 12.5. The molecule has 1 aromatic rings. The zero-order valence-electron chi connectivity index (χ0n) is 14.7. The number of sulfonamides is 1. The van der Waals surface area contributed by atoms with E-state index >= 15 is 0 Å². The zero-order valence-corrected chi connectivity index (χ0v) is 15.5. The number of aryl methyl sites for hydroxylation is 2. The van der Waals surface area contributed by atoms with Gasteiger partial charge < -0.3 is 10.1 Å². The highest BCUT2D eigenvalue weighted by molar-refractivity contribution is 7.92. The van der Waals surface area contributed by atoms with Gasteiger partial charge in [0.05, 0.1) is 18.0 Å². The molecule has 7 heteroatoms. The minimum absolute atomic E-state index is 0.0218. The van der Waals surface area contributed by atoms with Crippen molar-refractivity contribution in [2.45, 2.75) is 45.8 Å². The van der Waals surface area contributed by atoms with Crippen LogP contribution in [0.4, 0.5) is 5.69 Å². The van der Waals surface area contributed by atoms with Crippen LogP contribution in [0.3, 0.4) is 0 Å². The summed E-state index contributed by atoms with van der Waals surface area (Å²) in [4.78, 5) is 12.5. The standard InChI is InChI=1S/C17H26N2O4S/c1-12-7-8-13(2)16(10-12)19(24(4,21)22)14(3)17(20)18-11-15-6-5-9-23-15/h7-8,10,14-15H,5-6,9,11H2,1-4H3,(H,18,20)/t14-,15+/m0/s1. The summed E-state index contributed by atoms with van der Waals surface area (Å²) in [5.41, 5.74) is 2.29. The lowest BCUT2D eigenvalue weighted by atomic mass is 10.1. The summed E-state index contributed by atoms with van der Waals surface area (Å²) < 4.78 is 31.3. The summed E-state index contributed by atoms with van der Waals surface area (Å²) >= 11 is 0. The first-order valence-corrected chi connectivity index (χ1v) is 10.0. The van der Waals surface area contributed by atoms with Gasteiger partial charge in [-0.05, 0) is 50.8 Å². The highest BCUT2D eigenvalue weighted by Gasteiger charge is 2.30. The molecule has 1 saturated heterocycles. The van der Waals surface area contributed by atoms with Crippen LogP contribution in [0.15, 0.2) is 18.2 Å². The van der Waals surface area contributed by atoms with Gasteiger partial charge in [0.1, 0.15) is 6.04 Å². The van der Waals surface area contributed by atoms with Crippen LogP contribution in [0.5, 0.6) is 0 Å². The Morgan fingerprint density at radius 1 is 1.42 bits per heavy atom. The molecule has 1 aliphatic heterocycles. The number of nitrogens with zero attached hydrogens (tertiary/aromatic N) is 1. The van der Waals surface area contributed by atoms with E-state index in [9.17, 15) is 13.2 Å². The van der Waals surface area contributed by atoms with E-state index in [0.717, 1.165) is 30.2 Å². The molecule has 6 nitrogen and oxygen atoms in total. The highest BCUT2D eigenvalue weighted by atomic mass is 32.2. The fourth-order valence-electron chi connectivity index (χ4n) is 2.91. The van der Waals surface area contributed by atoms with Gasteiger partial charge in [0.15, 0.2) is 0 Å². The molecule has 0 radical (unpaired) electrons. The molecule has 0 aliphatic carbocycles. The summed E-state index contributed by atoms with van der Waals surface area (Å²) in [5.74, 6) is -0.322. The topological polar surface area (TPSA) is 75.7 Å². The second-order valence-electron chi connectivity index (χ2n) is 6.40. The summed E-state index contributed by atoms with van der Waals surface area (Å²) in [6, 6.07) is 4.74. The molecular weight excluding hydrogens is 328 g/mol. The van der Waals surface area contributed by atoms with Crippen molar-refractivity contribution >= 4 is 21.6 Å². The molecule has 134 valence electrons. The Morgan fingerprint density at radius 3 is 2.71 bits per heavy atom. The Morgan fingerprint density at radius 2 is 2.12 bits per heavy atom. The van der Waals surface area contributed by atoms with Gasteiger partial charge in [-0.2, -0.15) is 0 Å². The predicted molar refractivity (Wildman–Crippen MR) is 94.7 cm³/mol. The zero-order chi connectivity index (χ0) is 17.9. The second-order valence-corrected chi connectivity index (χ2v) is 8.26. The van der Waals surface area contributed by atoms with Crippen LogP contribution >= 0.6 is 0 Å². The third-order valence-electron chi connectivity index (χ3n) is 4.22. The fraction of sp³-hybridized carbons (Fsp3) is 0.588. The molecule has 0 spiro atoms. The van der Waals surface area contributed by atoms with Crippen LogP contribution in [0.25, 0.3) is 0 Å². The molecule has 0 bridgehead atoms. The van der Waals surface area contributed by atoms with Gasteiger partial charge in [0.25, 0.3) is 0 Å². The van der Waals surface area contributed by atoms with Crippen LogP contribution in [0.2, 0.25) is 0 Å². The SMILES string of the molecule is Cc1ccc(C)c(N([C@@H](C)C(=O)NC[C@H]2CCCO2)S(C)(=O)=O)c1. The number of nitrogens with one attached hydrogen (secondary N) is 1. The Balaban J connectivity index is 2.20. The Labute approximate surface area is 144 Å². The first-order chi connectivity index (χ1) is 11.2. The predicted octanol–water partition coefficient (Wildman–Crippen LogP) is 1.75. The van der Waals surface area contributed by atoms with E-state index in [0.29, 0.717) is 18.8 Å². The van der Waals surface area contributed by atoms with Crippen molar-refractivity contribution in [3.8, 4) is 0 Å². The highest BCUT2D eigenvalue weighted by Crippen LogP contribution is 2.26. The molecule has 0 saturated carbocycles. The molecule has 1 amide bonds. The lowest BCUT2D eigenvalue weighted by Crippen LogP contribution is -2.49. The Bertz CT molecular complexity index is 697. The van der Waals surface area contributed by atoms with E-state index in [1.54, 1.807) is 13.0 Å². The average Bonchev–Trinajstić information content (AvgIpc) is 3.00. The van der Waals surface area contributed by atoms with E-state index in [1.165, 1.54) is 4.31 Å². The number of carbonyl (C=O) groups excluding carboxylic acids is 1. The molecule has 1 aliphatic rings. The molecule has 1 N–H and O–H groups in total. The van der Waals surface area contributed by atoms with Crippen molar-refractivity contribution in [2.75, 3.05) is 23.7 Å². The largest absolute Gasteiger partial charge is 0.376 e. The summed E-state index contributed by atoms with van der Waals surface area (Å²) in [7, 11) is -3.60. The van der Waals surface area contributed by atoms with Gasteiger partial charge in [0, 0.05) is 13.2 Å². The maximum Gasteiger partial charge on any atom is 0.243 e. The van der Waals surface area contributed by atoms with Crippen molar-refractivity contribution < 1.29 is 17.9 Å². The molecule has 1 heterocycles. The number of hydrogen-bond donors (Lipinski definition) is 1. The molecule has 2 atom stereocenters. The normalized spacial score (nSPS) is 19.1. The molecular formula is C17H26N2O4S. The number of hydrogen-bond acceptors (Lipinski definition) is 4. The minimum atomic E-state index is -3.60. The van der Waals surface area contributed by atoms with Crippen LogP contribution in [-0.4, -0.2) is 45.9 Å². The number of ether oxygens (including phenoxy) is 1. The Hall–Kier alpha value is -1.60. The first-order valence-electron chi connectivity index (χ1n) is 8.16. The van der Waals surface area contributed by atoms with E-state index in [2.05, 4.69) is 5.32 Å². The molecule has 0 aromatic heterocycles. The van der Waals surface area contributed by atoms with E-state index in [4.69, 9.17) is 4.74 Å². The van der Waals surface area contributed by atoms with Crippen LogP contribution < -0.4 is 9.62 Å². The monoisotopic (exact) mass is 354 g/mol. The lowest BCUT2D eigenvalue weighted by Gasteiger charge is -2.30. The minimum Gasteiger partial charge on any atom is -0.376 e. The molecule has 0 unspecified atom stereocenters. The van der Waals surface area contributed by atoms with E-state index in [1.807, 2.05) is 26.0 Å². The van der Waals surface area contributed by atoms with Gasteiger partial charge in [-0.25, -0.2) is 8.42 Å². The van der Waals surface area contributed by atoms with Crippen LogP contribution in [0, 0.1) is 13.8 Å². The average molecular weight is 354 g/mol. The van der Waals surface area contributed by atoms with Crippen molar-refractivity contribution in [3.63, 3.8) is 0 Å². The van der Waals surface area contributed by atoms with Gasteiger partial charge in [0.2, 0.25) is 15.9 Å². The van der Waals surface area contributed by atoms with E-state index < -0.39 is 16.1 Å². The second kappa shape index (κ2) is 7.53. The lowest BCUT2D eigenvalue weighted by molar-refractivity contribution is -0.122. The molecule has 1 fully saturated rings. The van der Waals surface area contributed by atoms with Gasteiger partial charge in [-0.15, -0.1) is 0 Å². The van der Waals surface area contributed by atoms with Crippen molar-refractivity contribution in [1.82, 2.24) is 5.32 Å². The Kier molecular flexibility index (Phi) is 5.87. The quantitative estimate of drug-likeness (QED) is 0.844. The van der Waals surface area contributed by atoms with E-state index in [-0.39, 0.29) is 12.0 Å². The van der Waals surface area contributed by atoms with Crippen molar-refractivity contribution in [2.24, 2.45) is 0 Å². The molecule has 24 heavy (non-hydrogen) atoms. The third-order valence-corrected chi connectivity index (χ3v) is 5.45. The maximum absolute atomic E-state index is 12.5. The van der Waals surface area contributed by atoms with Crippen LogP contribution in [-0.2, 0) is 19.6 Å². The first kappa shape index (κ1) is 18.7.